The second-order valence-electron chi connectivity index (χ2n) is 7.78. The lowest BCUT2D eigenvalue weighted by molar-refractivity contribution is 0.413. The predicted octanol–water partition coefficient (Wildman–Crippen LogP) is 5.96. The maximum atomic E-state index is 13.9. The van der Waals surface area contributed by atoms with Gasteiger partial charge >= 0.3 is 0 Å². The van der Waals surface area contributed by atoms with Crippen molar-refractivity contribution in [3.8, 4) is 5.75 Å². The van der Waals surface area contributed by atoms with Crippen molar-refractivity contribution >= 4 is 28.5 Å². The van der Waals surface area contributed by atoms with Gasteiger partial charge in [-0.05, 0) is 54.4 Å². The van der Waals surface area contributed by atoms with E-state index in [1.54, 1.807) is 31.0 Å². The quantitative estimate of drug-likeness (QED) is 0.397. The Bertz CT molecular complexity index is 1240. The number of benzene rings is 3. The van der Waals surface area contributed by atoms with Gasteiger partial charge in [0.05, 0.1) is 30.4 Å². The van der Waals surface area contributed by atoms with Gasteiger partial charge in [0.15, 0.2) is 0 Å². The SMILES string of the molecule is COc1ccc2c(c1)S[C@H](c1cccc(F)c1)CCN2Cc1nc2ccccc2n1C. The molecule has 0 aliphatic carbocycles. The molecule has 0 unspecified atom stereocenters. The highest BCUT2D eigenvalue weighted by atomic mass is 32.2. The first kappa shape index (κ1) is 19.9. The molecule has 5 rings (SSSR count). The summed E-state index contributed by atoms with van der Waals surface area (Å²) in [7, 11) is 3.76. The van der Waals surface area contributed by atoms with E-state index in [4.69, 9.17) is 9.72 Å². The third-order valence-corrected chi connectivity index (χ3v) is 7.24. The maximum Gasteiger partial charge on any atom is 0.129 e. The molecular weight excluding hydrogens is 409 g/mol. The Hall–Kier alpha value is -2.99. The van der Waals surface area contributed by atoms with Gasteiger partial charge < -0.3 is 14.2 Å². The lowest BCUT2D eigenvalue weighted by Crippen LogP contribution is -2.25. The minimum Gasteiger partial charge on any atom is -0.497 e. The van der Waals surface area contributed by atoms with Crippen molar-refractivity contribution in [2.45, 2.75) is 23.1 Å². The van der Waals surface area contributed by atoms with Crippen LogP contribution in [0.1, 0.15) is 23.1 Å². The molecule has 0 saturated heterocycles. The van der Waals surface area contributed by atoms with E-state index in [1.807, 2.05) is 24.3 Å². The first-order chi connectivity index (χ1) is 15.1. The Morgan fingerprint density at radius 3 is 2.77 bits per heavy atom. The highest BCUT2D eigenvalue weighted by Crippen LogP contribution is 2.46. The van der Waals surface area contributed by atoms with E-state index < -0.39 is 0 Å². The lowest BCUT2D eigenvalue weighted by atomic mass is 10.1. The Balaban J connectivity index is 1.52. The number of para-hydroxylation sites is 2. The first-order valence-electron chi connectivity index (χ1n) is 10.4. The number of anilines is 1. The van der Waals surface area contributed by atoms with Crippen molar-refractivity contribution in [1.82, 2.24) is 9.55 Å². The van der Waals surface area contributed by atoms with Gasteiger partial charge in [-0.25, -0.2) is 9.37 Å². The molecule has 3 aromatic carbocycles. The van der Waals surface area contributed by atoms with E-state index in [0.717, 1.165) is 51.7 Å². The number of rotatable bonds is 4. The molecule has 0 saturated carbocycles. The lowest BCUT2D eigenvalue weighted by Gasteiger charge is -2.24. The fourth-order valence-electron chi connectivity index (χ4n) is 4.20. The van der Waals surface area contributed by atoms with Gasteiger partial charge in [-0.15, -0.1) is 11.8 Å². The van der Waals surface area contributed by atoms with Gasteiger partial charge in [-0.2, -0.15) is 0 Å². The summed E-state index contributed by atoms with van der Waals surface area (Å²) in [6.07, 6.45) is 0.912. The van der Waals surface area contributed by atoms with Crippen LogP contribution in [0.25, 0.3) is 11.0 Å². The summed E-state index contributed by atoms with van der Waals surface area (Å²) >= 11 is 1.78. The van der Waals surface area contributed by atoms with Crippen LogP contribution in [0.5, 0.6) is 5.75 Å². The molecule has 0 bridgehead atoms. The van der Waals surface area contributed by atoms with Crippen LogP contribution in [0.15, 0.2) is 71.6 Å². The van der Waals surface area contributed by atoms with Crippen LogP contribution >= 0.6 is 11.8 Å². The Labute approximate surface area is 185 Å². The highest BCUT2D eigenvalue weighted by molar-refractivity contribution is 7.99. The summed E-state index contributed by atoms with van der Waals surface area (Å²) in [6, 6.07) is 21.4. The number of nitrogens with zero attached hydrogens (tertiary/aromatic N) is 3. The van der Waals surface area contributed by atoms with Crippen LogP contribution in [0.4, 0.5) is 10.1 Å². The number of imidazole rings is 1. The van der Waals surface area contributed by atoms with Crippen LogP contribution in [-0.2, 0) is 13.6 Å². The molecule has 6 heteroatoms. The Morgan fingerprint density at radius 2 is 1.97 bits per heavy atom. The monoisotopic (exact) mass is 433 g/mol. The third kappa shape index (κ3) is 3.88. The number of hydrogen-bond acceptors (Lipinski definition) is 4. The number of thioether (sulfide) groups is 1. The van der Waals surface area contributed by atoms with Crippen LogP contribution < -0.4 is 9.64 Å². The van der Waals surface area contributed by atoms with E-state index in [-0.39, 0.29) is 11.1 Å². The molecule has 2 heterocycles. The molecular formula is C25H24FN3OS. The van der Waals surface area contributed by atoms with E-state index in [2.05, 4.69) is 40.8 Å². The summed E-state index contributed by atoms with van der Waals surface area (Å²) in [6.45, 7) is 1.57. The number of methoxy groups -OCH3 is 1. The average molecular weight is 434 g/mol. The summed E-state index contributed by atoms with van der Waals surface area (Å²) < 4.78 is 21.6. The fraction of sp³-hybridized carbons (Fsp3) is 0.240. The topological polar surface area (TPSA) is 30.3 Å². The van der Waals surface area contributed by atoms with Crippen LogP contribution in [0, 0.1) is 5.82 Å². The van der Waals surface area contributed by atoms with Crippen molar-refractivity contribution in [1.29, 1.82) is 0 Å². The molecule has 0 spiro atoms. The van der Waals surface area contributed by atoms with Crippen LogP contribution in [-0.4, -0.2) is 23.2 Å². The van der Waals surface area contributed by atoms with E-state index in [0.29, 0.717) is 6.54 Å². The third-order valence-electron chi connectivity index (χ3n) is 5.87. The van der Waals surface area contributed by atoms with Crippen molar-refractivity contribution in [3.63, 3.8) is 0 Å². The van der Waals surface area contributed by atoms with Gasteiger partial charge in [0, 0.05) is 23.7 Å². The minimum atomic E-state index is -0.190. The predicted molar refractivity (Wildman–Crippen MR) is 124 cm³/mol. The number of halogens is 1. The summed E-state index contributed by atoms with van der Waals surface area (Å²) in [5, 5.41) is 0.173. The average Bonchev–Trinajstić information content (AvgIpc) is 2.99. The highest BCUT2D eigenvalue weighted by Gasteiger charge is 2.25. The molecule has 0 fully saturated rings. The molecule has 1 atom stereocenters. The van der Waals surface area contributed by atoms with Crippen molar-refractivity contribution in [2.24, 2.45) is 7.05 Å². The zero-order valence-corrected chi connectivity index (χ0v) is 18.4. The van der Waals surface area contributed by atoms with Gasteiger partial charge in [0.1, 0.15) is 17.4 Å². The van der Waals surface area contributed by atoms with Gasteiger partial charge in [-0.3, -0.25) is 0 Å². The summed E-state index contributed by atoms with van der Waals surface area (Å²) in [5.74, 6) is 1.66. The largest absolute Gasteiger partial charge is 0.497 e. The first-order valence-corrected chi connectivity index (χ1v) is 11.3. The molecule has 158 valence electrons. The minimum absolute atomic E-state index is 0.173. The molecule has 31 heavy (non-hydrogen) atoms. The second kappa shape index (κ2) is 8.27. The summed E-state index contributed by atoms with van der Waals surface area (Å²) in [4.78, 5) is 8.39. The molecule has 0 N–H and O–H groups in total. The van der Waals surface area contributed by atoms with Gasteiger partial charge in [0.2, 0.25) is 0 Å². The van der Waals surface area contributed by atoms with Crippen molar-refractivity contribution in [3.05, 3.63) is 83.9 Å². The molecule has 0 amide bonds. The van der Waals surface area contributed by atoms with E-state index >= 15 is 0 Å². The standard InChI is InChI=1S/C25H24FN3OS/c1-28-21-9-4-3-8-20(21)27-25(28)16-29-13-12-23(17-6-5-7-18(26)14-17)31-24-15-19(30-2)10-11-22(24)29/h3-11,14-15,23H,12-13,16H2,1-2H3/t23-/m0/s1. The van der Waals surface area contributed by atoms with Crippen molar-refractivity contribution < 1.29 is 9.13 Å². The molecule has 4 aromatic rings. The molecule has 1 aliphatic rings. The zero-order chi connectivity index (χ0) is 21.4. The van der Waals surface area contributed by atoms with E-state index in [1.165, 1.54) is 6.07 Å². The van der Waals surface area contributed by atoms with Crippen LogP contribution in [0.2, 0.25) is 0 Å². The number of aromatic nitrogens is 2. The number of fused-ring (bicyclic) bond motifs is 2. The molecule has 0 radical (unpaired) electrons. The Kier molecular flexibility index (Phi) is 5.32. The van der Waals surface area contributed by atoms with Crippen LogP contribution in [0.3, 0.4) is 0 Å². The second-order valence-corrected chi connectivity index (χ2v) is 9.03. The number of hydrogen-bond donors (Lipinski definition) is 0. The summed E-state index contributed by atoms with van der Waals surface area (Å²) in [5.41, 5.74) is 4.33. The number of ether oxygens (including phenoxy) is 1. The van der Waals surface area contributed by atoms with Crippen molar-refractivity contribution in [2.75, 3.05) is 18.6 Å². The number of aryl methyl sites for hydroxylation is 1. The van der Waals surface area contributed by atoms with E-state index in [9.17, 15) is 4.39 Å². The normalized spacial score (nSPS) is 16.2. The molecule has 1 aliphatic heterocycles. The fourth-order valence-corrected chi connectivity index (χ4v) is 5.51. The maximum absolute atomic E-state index is 13.9. The van der Waals surface area contributed by atoms with Gasteiger partial charge in [0.25, 0.3) is 0 Å². The molecule has 4 nitrogen and oxygen atoms in total. The zero-order valence-electron chi connectivity index (χ0n) is 17.6. The van der Waals surface area contributed by atoms with Gasteiger partial charge in [-0.1, -0.05) is 24.3 Å². The molecule has 1 aromatic heterocycles. The smallest absolute Gasteiger partial charge is 0.129 e. The Morgan fingerprint density at radius 1 is 1.10 bits per heavy atom.